The van der Waals surface area contributed by atoms with Crippen LogP contribution in [-0.2, 0) is 0 Å². The number of hydrogen-bond donors (Lipinski definition) is 2. The lowest BCUT2D eigenvalue weighted by Crippen LogP contribution is -2.16. The number of hydrogen-bond acceptors (Lipinski definition) is 4. The molecule has 0 radical (unpaired) electrons. The lowest BCUT2D eigenvalue weighted by Gasteiger charge is -2.19. The van der Waals surface area contributed by atoms with Crippen molar-refractivity contribution in [3.63, 3.8) is 0 Å². The molecule has 0 amide bonds. The van der Waals surface area contributed by atoms with Crippen molar-refractivity contribution >= 4 is 0 Å². The van der Waals surface area contributed by atoms with Crippen LogP contribution in [-0.4, -0.2) is 18.3 Å². The van der Waals surface area contributed by atoms with Crippen LogP contribution in [0.5, 0.6) is 11.5 Å². The molecule has 13 heavy (non-hydrogen) atoms. The van der Waals surface area contributed by atoms with Gasteiger partial charge in [-0.1, -0.05) is 6.07 Å². The van der Waals surface area contributed by atoms with Crippen LogP contribution in [0.25, 0.3) is 0 Å². The van der Waals surface area contributed by atoms with E-state index < -0.39 is 6.23 Å². The van der Waals surface area contributed by atoms with E-state index in [4.69, 9.17) is 20.3 Å². The van der Waals surface area contributed by atoms with E-state index in [0.29, 0.717) is 30.3 Å². The Balaban J connectivity index is 2.35. The Hall–Kier alpha value is -1.26. The Kier molecular flexibility index (Phi) is 2.08. The molecule has 4 nitrogen and oxygen atoms in total. The maximum atomic E-state index is 9.11. The molecule has 4 heteroatoms. The summed E-state index contributed by atoms with van der Waals surface area (Å²) in [6.45, 7) is 1.11. The number of benzene rings is 1. The molecule has 0 spiro atoms. The Morgan fingerprint density at radius 2 is 1.92 bits per heavy atom. The summed E-state index contributed by atoms with van der Waals surface area (Å²) in [4.78, 5) is 0. The van der Waals surface area contributed by atoms with Crippen molar-refractivity contribution in [2.24, 2.45) is 5.73 Å². The molecule has 1 aliphatic rings. The first-order valence-corrected chi connectivity index (χ1v) is 4.10. The Morgan fingerprint density at radius 1 is 1.23 bits per heavy atom. The molecule has 1 unspecified atom stereocenters. The van der Waals surface area contributed by atoms with Crippen LogP contribution in [0.4, 0.5) is 0 Å². The van der Waals surface area contributed by atoms with Gasteiger partial charge in [-0.15, -0.1) is 0 Å². The Morgan fingerprint density at radius 3 is 2.62 bits per heavy atom. The van der Waals surface area contributed by atoms with Gasteiger partial charge >= 0.3 is 0 Å². The zero-order chi connectivity index (χ0) is 9.26. The minimum absolute atomic E-state index is 0.539. The van der Waals surface area contributed by atoms with Crippen LogP contribution in [0, 0.1) is 0 Å². The molecule has 0 bridgehead atoms. The van der Waals surface area contributed by atoms with Gasteiger partial charge in [0, 0.05) is 0 Å². The van der Waals surface area contributed by atoms with Crippen molar-refractivity contribution in [1.82, 2.24) is 0 Å². The molecule has 0 fully saturated rings. The van der Waals surface area contributed by atoms with Gasteiger partial charge in [-0.05, 0) is 17.7 Å². The van der Waals surface area contributed by atoms with Crippen LogP contribution < -0.4 is 15.2 Å². The van der Waals surface area contributed by atoms with Crippen LogP contribution >= 0.6 is 0 Å². The van der Waals surface area contributed by atoms with E-state index in [1.54, 1.807) is 18.2 Å². The first-order chi connectivity index (χ1) is 6.27. The predicted octanol–water partition coefficient (Wildman–Crippen LogP) is 0.407. The van der Waals surface area contributed by atoms with E-state index >= 15 is 0 Å². The second-order valence-corrected chi connectivity index (χ2v) is 2.85. The Labute approximate surface area is 75.9 Å². The minimum Gasteiger partial charge on any atom is -0.486 e. The topological polar surface area (TPSA) is 64.7 Å². The third-order valence-corrected chi connectivity index (χ3v) is 1.91. The molecule has 0 saturated heterocycles. The van der Waals surface area contributed by atoms with Crippen molar-refractivity contribution in [2.75, 3.05) is 13.2 Å². The summed E-state index contributed by atoms with van der Waals surface area (Å²) in [6.07, 6.45) is -0.962. The molecule has 1 atom stereocenters. The molecule has 1 heterocycles. The van der Waals surface area contributed by atoms with Crippen molar-refractivity contribution in [3.8, 4) is 11.5 Å². The maximum Gasteiger partial charge on any atom is 0.161 e. The predicted molar refractivity (Wildman–Crippen MR) is 46.6 cm³/mol. The average molecular weight is 181 g/mol. The largest absolute Gasteiger partial charge is 0.486 e. The molecule has 0 aromatic heterocycles. The fourth-order valence-electron chi connectivity index (χ4n) is 1.24. The van der Waals surface area contributed by atoms with Crippen molar-refractivity contribution < 1.29 is 14.6 Å². The van der Waals surface area contributed by atoms with Gasteiger partial charge in [0.1, 0.15) is 19.4 Å². The zero-order valence-electron chi connectivity index (χ0n) is 7.06. The highest BCUT2D eigenvalue weighted by molar-refractivity contribution is 5.44. The van der Waals surface area contributed by atoms with Gasteiger partial charge in [-0.3, -0.25) is 0 Å². The zero-order valence-corrected chi connectivity index (χ0v) is 7.06. The fourth-order valence-corrected chi connectivity index (χ4v) is 1.24. The summed E-state index contributed by atoms with van der Waals surface area (Å²) in [6, 6.07) is 5.16. The second kappa shape index (κ2) is 3.24. The lowest BCUT2D eigenvalue weighted by molar-refractivity contribution is 0.166. The molecule has 1 aromatic carbocycles. The van der Waals surface area contributed by atoms with Gasteiger partial charge < -0.3 is 20.3 Å². The standard InChI is InChI=1S/C9H11NO3/c10-9(11)6-1-2-7-8(5-6)13-4-3-12-7/h1-2,5,9,11H,3-4,10H2. The number of ether oxygens (including phenoxy) is 2. The molecule has 2 rings (SSSR count). The minimum atomic E-state index is -0.962. The van der Waals surface area contributed by atoms with E-state index in [-0.39, 0.29) is 0 Å². The molecular weight excluding hydrogens is 170 g/mol. The lowest BCUT2D eigenvalue weighted by atomic mass is 10.2. The van der Waals surface area contributed by atoms with Crippen molar-refractivity contribution in [1.29, 1.82) is 0 Å². The van der Waals surface area contributed by atoms with E-state index in [1.807, 2.05) is 0 Å². The smallest absolute Gasteiger partial charge is 0.161 e. The highest BCUT2D eigenvalue weighted by Crippen LogP contribution is 2.31. The number of rotatable bonds is 1. The molecule has 1 aromatic rings. The van der Waals surface area contributed by atoms with Crippen molar-refractivity contribution in [2.45, 2.75) is 6.23 Å². The molecule has 1 aliphatic heterocycles. The monoisotopic (exact) mass is 181 g/mol. The molecule has 70 valence electrons. The summed E-state index contributed by atoms with van der Waals surface area (Å²) in [5.74, 6) is 1.35. The van der Waals surface area contributed by atoms with Crippen molar-refractivity contribution in [3.05, 3.63) is 23.8 Å². The van der Waals surface area contributed by atoms with Gasteiger partial charge in [0.15, 0.2) is 11.5 Å². The maximum absolute atomic E-state index is 9.11. The van der Waals surface area contributed by atoms with E-state index in [1.165, 1.54) is 0 Å². The van der Waals surface area contributed by atoms with Crippen LogP contribution in [0.15, 0.2) is 18.2 Å². The van der Waals surface area contributed by atoms with Gasteiger partial charge in [-0.2, -0.15) is 0 Å². The summed E-state index contributed by atoms with van der Waals surface area (Å²) in [7, 11) is 0. The average Bonchev–Trinajstić information content (AvgIpc) is 2.17. The summed E-state index contributed by atoms with van der Waals surface area (Å²) in [5.41, 5.74) is 5.93. The number of aliphatic hydroxyl groups excluding tert-OH is 1. The molecular formula is C9H11NO3. The molecule has 0 saturated carbocycles. The second-order valence-electron chi connectivity index (χ2n) is 2.85. The highest BCUT2D eigenvalue weighted by atomic mass is 16.6. The van der Waals surface area contributed by atoms with E-state index in [9.17, 15) is 0 Å². The van der Waals surface area contributed by atoms with Crippen LogP contribution in [0.2, 0.25) is 0 Å². The normalized spacial score (nSPS) is 16.8. The first kappa shape index (κ1) is 8.34. The number of nitrogens with two attached hydrogens (primary N) is 1. The van der Waals surface area contributed by atoms with E-state index in [2.05, 4.69) is 0 Å². The van der Waals surface area contributed by atoms with E-state index in [0.717, 1.165) is 0 Å². The quantitative estimate of drug-likeness (QED) is 0.616. The summed E-state index contributed by atoms with van der Waals surface area (Å²) >= 11 is 0. The molecule has 3 N–H and O–H groups in total. The first-order valence-electron chi connectivity index (χ1n) is 4.10. The SMILES string of the molecule is NC(O)c1ccc2c(c1)OCCO2. The Bertz CT molecular complexity index is 312. The van der Waals surface area contributed by atoms with Crippen LogP contribution in [0.1, 0.15) is 11.8 Å². The van der Waals surface area contributed by atoms with Gasteiger partial charge in [0.05, 0.1) is 0 Å². The van der Waals surface area contributed by atoms with Gasteiger partial charge in [0.25, 0.3) is 0 Å². The summed E-state index contributed by atoms with van der Waals surface area (Å²) < 4.78 is 10.6. The van der Waals surface area contributed by atoms with Crippen LogP contribution in [0.3, 0.4) is 0 Å². The third kappa shape index (κ3) is 1.59. The fraction of sp³-hybridized carbons (Fsp3) is 0.333. The highest BCUT2D eigenvalue weighted by Gasteiger charge is 2.12. The third-order valence-electron chi connectivity index (χ3n) is 1.91. The molecule has 0 aliphatic carbocycles. The van der Waals surface area contributed by atoms with Gasteiger partial charge in [-0.25, -0.2) is 0 Å². The summed E-state index contributed by atoms with van der Waals surface area (Å²) in [5, 5.41) is 9.11. The van der Waals surface area contributed by atoms with Gasteiger partial charge in [0.2, 0.25) is 0 Å². The number of aliphatic hydroxyl groups is 1. The number of fused-ring (bicyclic) bond motifs is 1.